The largest absolute Gasteiger partial charge is 0.495 e. The molecule has 1 aliphatic rings. The van der Waals surface area contributed by atoms with E-state index in [2.05, 4.69) is 16.7 Å². The summed E-state index contributed by atoms with van der Waals surface area (Å²) in [6.45, 7) is 2.91. The van der Waals surface area contributed by atoms with Gasteiger partial charge in [-0.05, 0) is 55.9 Å². The first kappa shape index (κ1) is 20.7. The maximum absolute atomic E-state index is 12.4. The number of fused-ring (bicyclic) bond motifs is 1. The van der Waals surface area contributed by atoms with Crippen molar-refractivity contribution in [3.63, 3.8) is 0 Å². The molecule has 29 heavy (non-hydrogen) atoms. The Hall–Kier alpha value is -3.06. The normalized spacial score (nSPS) is 13.4. The van der Waals surface area contributed by atoms with Crippen molar-refractivity contribution in [2.45, 2.75) is 19.4 Å². The minimum absolute atomic E-state index is 0.0637. The first-order valence-corrected chi connectivity index (χ1v) is 9.55. The van der Waals surface area contributed by atoms with E-state index in [1.807, 2.05) is 44.1 Å². The third-order valence-corrected chi connectivity index (χ3v) is 4.99. The van der Waals surface area contributed by atoms with Crippen LogP contribution in [0.1, 0.15) is 22.7 Å². The number of likely N-dealkylation sites (N-methyl/N-ethyl adjacent to an activating group) is 1. The van der Waals surface area contributed by atoms with Gasteiger partial charge in [0.1, 0.15) is 11.5 Å². The minimum atomic E-state index is -0.728. The van der Waals surface area contributed by atoms with E-state index in [0.29, 0.717) is 24.6 Å². The number of ether oxygens (including phenoxy) is 2. The maximum atomic E-state index is 12.4. The highest BCUT2D eigenvalue weighted by Gasteiger charge is 2.22. The molecule has 0 aliphatic carbocycles. The van der Waals surface area contributed by atoms with E-state index < -0.39 is 11.8 Å². The number of hydrogen-bond donors (Lipinski definition) is 2. The summed E-state index contributed by atoms with van der Waals surface area (Å²) < 4.78 is 10.8. The monoisotopic (exact) mass is 397 g/mol. The van der Waals surface area contributed by atoms with Gasteiger partial charge in [-0.15, -0.1) is 0 Å². The molecule has 0 saturated heterocycles. The first-order valence-electron chi connectivity index (χ1n) is 9.55. The fraction of sp³-hybridized carbons (Fsp3) is 0.364. The molecule has 1 atom stereocenters. The van der Waals surface area contributed by atoms with Crippen LogP contribution in [-0.2, 0) is 16.0 Å². The predicted octanol–water partition coefficient (Wildman–Crippen LogP) is 2.30. The summed E-state index contributed by atoms with van der Waals surface area (Å²) in [5.41, 5.74) is 3.66. The lowest BCUT2D eigenvalue weighted by molar-refractivity contribution is -0.136. The molecular formula is C22H27N3O4. The Kier molecular flexibility index (Phi) is 6.39. The van der Waals surface area contributed by atoms with Crippen LogP contribution < -0.4 is 20.1 Å². The van der Waals surface area contributed by atoms with Crippen molar-refractivity contribution in [3.8, 4) is 11.5 Å². The number of carbonyl (C=O) groups excluding carboxylic acids is 2. The molecule has 1 aliphatic heterocycles. The summed E-state index contributed by atoms with van der Waals surface area (Å²) in [6.07, 6.45) is 0.885. The van der Waals surface area contributed by atoms with Crippen LogP contribution >= 0.6 is 0 Å². The van der Waals surface area contributed by atoms with E-state index in [9.17, 15) is 9.59 Å². The van der Waals surface area contributed by atoms with Gasteiger partial charge in [0.05, 0.1) is 25.4 Å². The number of aryl methyl sites for hydroxylation is 1. The fourth-order valence-corrected chi connectivity index (χ4v) is 3.38. The number of rotatable bonds is 6. The molecule has 0 aromatic heterocycles. The molecule has 2 aromatic rings. The third kappa shape index (κ3) is 4.86. The van der Waals surface area contributed by atoms with Gasteiger partial charge >= 0.3 is 11.8 Å². The van der Waals surface area contributed by atoms with Crippen molar-refractivity contribution < 1.29 is 19.1 Å². The molecular weight excluding hydrogens is 370 g/mol. The Morgan fingerprint density at radius 2 is 1.97 bits per heavy atom. The third-order valence-electron chi connectivity index (χ3n) is 4.99. The average Bonchev–Trinajstić information content (AvgIpc) is 3.15. The van der Waals surface area contributed by atoms with Gasteiger partial charge in [0.15, 0.2) is 0 Å². The molecule has 0 spiro atoms. The molecule has 2 N–H and O–H groups in total. The molecule has 7 nitrogen and oxygen atoms in total. The van der Waals surface area contributed by atoms with E-state index in [0.717, 1.165) is 23.3 Å². The van der Waals surface area contributed by atoms with Gasteiger partial charge in [0, 0.05) is 13.0 Å². The van der Waals surface area contributed by atoms with Crippen molar-refractivity contribution in [3.05, 3.63) is 53.1 Å². The summed E-state index contributed by atoms with van der Waals surface area (Å²) in [5, 5.41) is 5.36. The lowest BCUT2D eigenvalue weighted by Gasteiger charge is -2.25. The van der Waals surface area contributed by atoms with E-state index in [1.54, 1.807) is 12.1 Å². The van der Waals surface area contributed by atoms with Crippen LogP contribution in [0, 0.1) is 6.92 Å². The second-order valence-electron chi connectivity index (χ2n) is 7.31. The van der Waals surface area contributed by atoms with Crippen LogP contribution in [0.5, 0.6) is 11.5 Å². The van der Waals surface area contributed by atoms with Crippen molar-refractivity contribution in [2.24, 2.45) is 0 Å². The van der Waals surface area contributed by atoms with Crippen molar-refractivity contribution in [1.82, 2.24) is 10.2 Å². The Morgan fingerprint density at radius 1 is 1.17 bits per heavy atom. The van der Waals surface area contributed by atoms with E-state index in [4.69, 9.17) is 9.47 Å². The van der Waals surface area contributed by atoms with Gasteiger partial charge < -0.3 is 25.0 Å². The van der Waals surface area contributed by atoms with Crippen molar-refractivity contribution in [1.29, 1.82) is 0 Å². The number of hydrogen-bond acceptors (Lipinski definition) is 5. The lowest BCUT2D eigenvalue weighted by atomic mass is 10.0. The molecule has 0 fully saturated rings. The van der Waals surface area contributed by atoms with Gasteiger partial charge in [-0.3, -0.25) is 9.59 Å². The van der Waals surface area contributed by atoms with Crippen LogP contribution in [0.25, 0.3) is 0 Å². The summed E-state index contributed by atoms with van der Waals surface area (Å²) >= 11 is 0. The topological polar surface area (TPSA) is 79.9 Å². The highest BCUT2D eigenvalue weighted by molar-refractivity contribution is 6.39. The summed E-state index contributed by atoms with van der Waals surface area (Å²) in [6, 6.07) is 11.4. The van der Waals surface area contributed by atoms with Crippen LogP contribution in [0.2, 0.25) is 0 Å². The number of nitrogens with one attached hydrogen (secondary N) is 2. The molecule has 7 heteroatoms. The average molecular weight is 397 g/mol. The zero-order valence-electron chi connectivity index (χ0n) is 17.2. The maximum Gasteiger partial charge on any atom is 0.313 e. The molecule has 3 rings (SSSR count). The van der Waals surface area contributed by atoms with Crippen LogP contribution in [-0.4, -0.2) is 51.1 Å². The quantitative estimate of drug-likeness (QED) is 0.731. The van der Waals surface area contributed by atoms with Crippen LogP contribution in [0.3, 0.4) is 0 Å². The molecule has 2 aromatic carbocycles. The van der Waals surface area contributed by atoms with Crippen LogP contribution in [0.4, 0.5) is 5.69 Å². The molecule has 1 heterocycles. The molecule has 1 unspecified atom stereocenters. The second-order valence-corrected chi connectivity index (χ2v) is 7.31. The van der Waals surface area contributed by atoms with Gasteiger partial charge in [0.2, 0.25) is 0 Å². The predicted molar refractivity (Wildman–Crippen MR) is 111 cm³/mol. The van der Waals surface area contributed by atoms with E-state index in [-0.39, 0.29) is 6.04 Å². The summed E-state index contributed by atoms with van der Waals surface area (Å²) in [5.74, 6) is 0.00344. The molecule has 0 saturated carbocycles. The zero-order valence-corrected chi connectivity index (χ0v) is 17.2. The summed E-state index contributed by atoms with van der Waals surface area (Å²) in [7, 11) is 5.40. The number of anilines is 1. The Morgan fingerprint density at radius 3 is 2.69 bits per heavy atom. The molecule has 0 bridgehead atoms. The standard InChI is InChI=1S/C22H27N3O4/c1-14-5-7-20(28-4)17(11-14)24-22(27)21(26)23-13-18(25(2)3)15-6-8-19-16(12-15)9-10-29-19/h5-8,11-12,18H,9-10,13H2,1-4H3,(H,23,26)(H,24,27). The van der Waals surface area contributed by atoms with Crippen molar-refractivity contribution in [2.75, 3.05) is 39.7 Å². The highest BCUT2D eigenvalue weighted by atomic mass is 16.5. The summed E-state index contributed by atoms with van der Waals surface area (Å²) in [4.78, 5) is 26.7. The number of benzene rings is 2. The molecule has 154 valence electrons. The smallest absolute Gasteiger partial charge is 0.313 e. The fourth-order valence-electron chi connectivity index (χ4n) is 3.38. The molecule has 0 radical (unpaired) electrons. The Balaban J connectivity index is 1.65. The van der Waals surface area contributed by atoms with Gasteiger partial charge in [-0.25, -0.2) is 0 Å². The SMILES string of the molecule is COc1ccc(C)cc1NC(=O)C(=O)NCC(c1ccc2c(c1)CCO2)N(C)C. The van der Waals surface area contributed by atoms with E-state index in [1.165, 1.54) is 12.7 Å². The van der Waals surface area contributed by atoms with Gasteiger partial charge in [-0.1, -0.05) is 18.2 Å². The van der Waals surface area contributed by atoms with Crippen LogP contribution in [0.15, 0.2) is 36.4 Å². The van der Waals surface area contributed by atoms with Gasteiger partial charge in [-0.2, -0.15) is 0 Å². The first-order chi connectivity index (χ1) is 13.9. The number of carbonyl (C=O) groups is 2. The zero-order chi connectivity index (χ0) is 21.0. The number of amides is 2. The van der Waals surface area contributed by atoms with E-state index >= 15 is 0 Å². The highest BCUT2D eigenvalue weighted by Crippen LogP contribution is 2.29. The van der Waals surface area contributed by atoms with Gasteiger partial charge in [0.25, 0.3) is 0 Å². The Bertz CT molecular complexity index is 911. The van der Waals surface area contributed by atoms with Crippen molar-refractivity contribution >= 4 is 17.5 Å². The molecule has 2 amide bonds. The Labute approximate surface area is 171 Å². The minimum Gasteiger partial charge on any atom is -0.495 e. The second kappa shape index (κ2) is 8.96. The number of methoxy groups -OCH3 is 1. The number of nitrogens with zero attached hydrogens (tertiary/aromatic N) is 1. The lowest BCUT2D eigenvalue weighted by Crippen LogP contribution is -2.40.